The molecule has 0 radical (unpaired) electrons. The minimum absolute atomic E-state index is 0.137. The van der Waals surface area contributed by atoms with E-state index in [9.17, 15) is 9.59 Å². The zero-order valence-corrected chi connectivity index (χ0v) is 12.5. The van der Waals surface area contributed by atoms with Crippen molar-refractivity contribution in [2.45, 2.75) is 6.54 Å². The number of carboxylic acids is 1. The SMILES string of the molecule is COc1cccc2c(=O)n(Cc3cccc(C(=O)O)c3)ccc12. The van der Waals surface area contributed by atoms with Gasteiger partial charge in [0.05, 0.1) is 24.6 Å². The highest BCUT2D eigenvalue weighted by molar-refractivity contribution is 5.88. The van der Waals surface area contributed by atoms with Crippen molar-refractivity contribution >= 4 is 16.7 Å². The molecule has 0 amide bonds. The lowest BCUT2D eigenvalue weighted by molar-refractivity contribution is 0.0696. The molecule has 5 heteroatoms. The van der Waals surface area contributed by atoms with Crippen LogP contribution in [-0.4, -0.2) is 22.8 Å². The second kappa shape index (κ2) is 5.96. The Bertz CT molecular complexity index is 943. The molecule has 5 nitrogen and oxygen atoms in total. The summed E-state index contributed by atoms with van der Waals surface area (Å²) in [5.74, 6) is -0.331. The number of carbonyl (C=O) groups is 1. The van der Waals surface area contributed by atoms with Crippen LogP contribution in [-0.2, 0) is 6.54 Å². The average molecular weight is 309 g/mol. The van der Waals surface area contributed by atoms with Crippen LogP contribution >= 0.6 is 0 Å². The van der Waals surface area contributed by atoms with Gasteiger partial charge in [-0.3, -0.25) is 4.79 Å². The number of carboxylic acid groups (broad SMARTS) is 1. The van der Waals surface area contributed by atoms with Gasteiger partial charge in [-0.1, -0.05) is 18.2 Å². The van der Waals surface area contributed by atoms with E-state index < -0.39 is 5.97 Å². The Morgan fingerprint density at radius 1 is 1.13 bits per heavy atom. The fourth-order valence-electron chi connectivity index (χ4n) is 2.59. The molecular formula is C18H15NO4. The molecule has 2 aromatic carbocycles. The number of benzene rings is 2. The third-order valence-corrected chi connectivity index (χ3v) is 3.73. The van der Waals surface area contributed by atoms with Crippen LogP contribution in [0.2, 0.25) is 0 Å². The van der Waals surface area contributed by atoms with Crippen molar-refractivity contribution in [1.82, 2.24) is 4.57 Å². The predicted octanol–water partition coefficient (Wildman–Crippen LogP) is 2.76. The Morgan fingerprint density at radius 3 is 2.65 bits per heavy atom. The quantitative estimate of drug-likeness (QED) is 0.804. The first-order valence-corrected chi connectivity index (χ1v) is 7.08. The van der Waals surface area contributed by atoms with Crippen molar-refractivity contribution in [2.75, 3.05) is 7.11 Å². The molecule has 0 aliphatic heterocycles. The smallest absolute Gasteiger partial charge is 0.335 e. The molecule has 1 aromatic heterocycles. The van der Waals surface area contributed by atoms with Crippen molar-refractivity contribution in [3.8, 4) is 5.75 Å². The summed E-state index contributed by atoms with van der Waals surface area (Å²) in [5.41, 5.74) is 0.828. The third kappa shape index (κ3) is 2.81. The van der Waals surface area contributed by atoms with Crippen molar-refractivity contribution in [2.24, 2.45) is 0 Å². The Balaban J connectivity index is 2.04. The minimum Gasteiger partial charge on any atom is -0.496 e. The number of hydrogen-bond donors (Lipinski definition) is 1. The van der Waals surface area contributed by atoms with Gasteiger partial charge >= 0.3 is 5.97 Å². The van der Waals surface area contributed by atoms with Gasteiger partial charge in [0.2, 0.25) is 0 Å². The maximum Gasteiger partial charge on any atom is 0.335 e. The molecule has 0 saturated carbocycles. The maximum absolute atomic E-state index is 12.6. The third-order valence-electron chi connectivity index (χ3n) is 3.73. The number of aromatic nitrogens is 1. The first-order chi connectivity index (χ1) is 11.1. The zero-order chi connectivity index (χ0) is 16.4. The summed E-state index contributed by atoms with van der Waals surface area (Å²) in [7, 11) is 1.57. The highest BCUT2D eigenvalue weighted by Crippen LogP contribution is 2.22. The van der Waals surface area contributed by atoms with E-state index in [1.807, 2.05) is 12.1 Å². The van der Waals surface area contributed by atoms with Crippen LogP contribution in [0.15, 0.2) is 59.5 Å². The molecule has 0 unspecified atom stereocenters. The molecule has 0 atom stereocenters. The van der Waals surface area contributed by atoms with Gasteiger partial charge in [0, 0.05) is 11.6 Å². The lowest BCUT2D eigenvalue weighted by atomic mass is 10.1. The average Bonchev–Trinajstić information content (AvgIpc) is 2.57. The Labute approximate surface area is 132 Å². The second-order valence-electron chi connectivity index (χ2n) is 5.18. The molecule has 3 rings (SSSR count). The molecule has 0 fully saturated rings. The number of ether oxygens (including phenoxy) is 1. The summed E-state index contributed by atoms with van der Waals surface area (Å²) < 4.78 is 6.83. The fourth-order valence-corrected chi connectivity index (χ4v) is 2.59. The number of fused-ring (bicyclic) bond motifs is 1. The monoisotopic (exact) mass is 309 g/mol. The van der Waals surface area contributed by atoms with Crippen LogP contribution in [0, 0.1) is 0 Å². The van der Waals surface area contributed by atoms with Crippen molar-refractivity contribution in [3.05, 3.63) is 76.2 Å². The summed E-state index contributed by atoms with van der Waals surface area (Å²) >= 11 is 0. The molecule has 0 aliphatic rings. The van der Waals surface area contributed by atoms with Crippen molar-refractivity contribution < 1.29 is 14.6 Å². The number of aromatic carboxylic acids is 1. The van der Waals surface area contributed by atoms with E-state index in [1.54, 1.807) is 48.2 Å². The molecular weight excluding hydrogens is 294 g/mol. The number of hydrogen-bond acceptors (Lipinski definition) is 3. The van der Waals surface area contributed by atoms with Gasteiger partial charge in [-0.15, -0.1) is 0 Å². The summed E-state index contributed by atoms with van der Waals surface area (Å²) in [6.07, 6.45) is 1.70. The normalized spacial score (nSPS) is 10.7. The topological polar surface area (TPSA) is 68.5 Å². The standard InChI is InChI=1S/C18H15NO4/c1-23-16-7-3-6-15-14(16)8-9-19(17(15)20)11-12-4-2-5-13(10-12)18(21)22/h2-10H,11H2,1H3,(H,21,22). The van der Waals surface area contributed by atoms with Gasteiger partial charge in [0.15, 0.2) is 0 Å². The highest BCUT2D eigenvalue weighted by atomic mass is 16.5. The second-order valence-corrected chi connectivity index (χ2v) is 5.18. The number of methoxy groups -OCH3 is 1. The van der Waals surface area contributed by atoms with Crippen LogP contribution in [0.1, 0.15) is 15.9 Å². The molecule has 1 N–H and O–H groups in total. The summed E-state index contributed by atoms with van der Waals surface area (Å²) in [5, 5.41) is 10.4. The van der Waals surface area contributed by atoms with Crippen LogP contribution in [0.5, 0.6) is 5.75 Å². The van der Waals surface area contributed by atoms with Crippen molar-refractivity contribution in [1.29, 1.82) is 0 Å². The van der Waals surface area contributed by atoms with Gasteiger partial charge in [-0.25, -0.2) is 4.79 Å². The van der Waals surface area contributed by atoms with Gasteiger partial charge in [-0.2, -0.15) is 0 Å². The molecule has 0 spiro atoms. The van der Waals surface area contributed by atoms with Crippen LogP contribution in [0.3, 0.4) is 0 Å². The first-order valence-electron chi connectivity index (χ1n) is 7.08. The largest absolute Gasteiger partial charge is 0.496 e. The van der Waals surface area contributed by atoms with E-state index in [0.717, 1.165) is 10.9 Å². The van der Waals surface area contributed by atoms with Gasteiger partial charge in [-0.05, 0) is 35.9 Å². The zero-order valence-electron chi connectivity index (χ0n) is 12.5. The molecule has 0 aliphatic carbocycles. The predicted molar refractivity (Wildman–Crippen MR) is 87.3 cm³/mol. The summed E-state index contributed by atoms with van der Waals surface area (Å²) in [6, 6.07) is 13.7. The summed E-state index contributed by atoms with van der Waals surface area (Å²) in [6.45, 7) is 0.313. The van der Waals surface area contributed by atoms with E-state index in [4.69, 9.17) is 9.84 Å². The van der Waals surface area contributed by atoms with E-state index in [-0.39, 0.29) is 11.1 Å². The van der Waals surface area contributed by atoms with E-state index in [2.05, 4.69) is 0 Å². The van der Waals surface area contributed by atoms with Crippen LogP contribution < -0.4 is 10.3 Å². The van der Waals surface area contributed by atoms with Crippen molar-refractivity contribution in [3.63, 3.8) is 0 Å². The van der Waals surface area contributed by atoms with Gasteiger partial charge < -0.3 is 14.4 Å². The van der Waals surface area contributed by atoms with Gasteiger partial charge in [0.1, 0.15) is 5.75 Å². The minimum atomic E-state index is -0.984. The van der Waals surface area contributed by atoms with Crippen LogP contribution in [0.25, 0.3) is 10.8 Å². The Morgan fingerprint density at radius 2 is 1.91 bits per heavy atom. The molecule has 0 bridgehead atoms. The van der Waals surface area contributed by atoms with E-state index in [0.29, 0.717) is 17.7 Å². The number of rotatable bonds is 4. The summed E-state index contributed by atoms with van der Waals surface area (Å²) in [4.78, 5) is 23.6. The molecule has 1 heterocycles. The lowest BCUT2D eigenvalue weighted by Crippen LogP contribution is -2.20. The molecule has 0 saturated heterocycles. The van der Waals surface area contributed by atoms with E-state index in [1.165, 1.54) is 6.07 Å². The molecule has 116 valence electrons. The molecule has 23 heavy (non-hydrogen) atoms. The Kier molecular flexibility index (Phi) is 3.85. The molecule has 3 aromatic rings. The van der Waals surface area contributed by atoms with Crippen LogP contribution in [0.4, 0.5) is 0 Å². The van der Waals surface area contributed by atoms with E-state index >= 15 is 0 Å². The lowest BCUT2D eigenvalue weighted by Gasteiger charge is -2.10. The number of nitrogens with zero attached hydrogens (tertiary/aromatic N) is 1. The fraction of sp³-hybridized carbons (Fsp3) is 0.111. The first kappa shape index (κ1) is 14.8. The Hall–Kier alpha value is -3.08. The number of pyridine rings is 1. The highest BCUT2D eigenvalue weighted by Gasteiger charge is 2.08. The maximum atomic E-state index is 12.6. The van der Waals surface area contributed by atoms with Gasteiger partial charge in [0.25, 0.3) is 5.56 Å².